The van der Waals surface area contributed by atoms with Gasteiger partial charge in [0.15, 0.2) is 0 Å². The molecule has 11 aromatic rings. The van der Waals surface area contributed by atoms with E-state index in [2.05, 4.69) is 239 Å². The largest absolute Gasteiger partial charge is 0.317 e. The zero-order chi connectivity index (χ0) is 40.5. The van der Waals surface area contributed by atoms with Gasteiger partial charge >= 0.3 is 0 Å². The molecule has 0 bridgehead atoms. The van der Waals surface area contributed by atoms with E-state index in [-0.39, 0.29) is 0 Å². The Morgan fingerprint density at radius 2 is 0.869 bits per heavy atom. The molecule has 0 fully saturated rings. The summed E-state index contributed by atoms with van der Waals surface area (Å²) in [6.45, 7) is 0. The minimum atomic E-state index is 0.933. The number of aromatic nitrogens is 2. The average molecular weight is 781 g/mol. The van der Waals surface area contributed by atoms with Crippen molar-refractivity contribution in [1.29, 1.82) is 0 Å². The van der Waals surface area contributed by atoms with Gasteiger partial charge < -0.3 is 14.4 Å². The quantitative estimate of drug-likeness (QED) is 0.129. The maximum Gasteiger partial charge on any atom is 0.0703 e. The second-order valence-electron chi connectivity index (χ2n) is 15.3. The minimum absolute atomic E-state index is 0.933. The highest BCUT2D eigenvalue weighted by Crippen LogP contribution is 2.43. The third-order valence-electron chi connectivity index (χ3n) is 11.5. The molecular weight excluding hydrogens is 741 g/mol. The summed E-state index contributed by atoms with van der Waals surface area (Å²) in [6.07, 6.45) is 6.20. The summed E-state index contributed by atoms with van der Waals surface area (Å²) in [5.41, 5.74) is 14.4. The van der Waals surface area contributed by atoms with E-state index in [0.717, 1.165) is 50.9 Å². The van der Waals surface area contributed by atoms with Gasteiger partial charge in [0.25, 0.3) is 0 Å². The molecule has 0 radical (unpaired) electrons. The van der Waals surface area contributed by atoms with E-state index in [4.69, 9.17) is 4.98 Å². The number of hydrogen-bond donors (Lipinski definition) is 0. The molecule has 288 valence electrons. The van der Waals surface area contributed by atoms with Crippen LogP contribution in [0.3, 0.4) is 0 Å². The van der Waals surface area contributed by atoms with Gasteiger partial charge in [0.05, 0.1) is 16.7 Å². The van der Waals surface area contributed by atoms with Crippen LogP contribution in [0.25, 0.3) is 66.7 Å². The third kappa shape index (κ3) is 6.76. The predicted octanol–water partition coefficient (Wildman–Crippen LogP) is 15.4. The molecule has 9 aromatic carbocycles. The minimum Gasteiger partial charge on any atom is -0.317 e. The Balaban J connectivity index is 0.979. The van der Waals surface area contributed by atoms with Crippen molar-refractivity contribution in [3.63, 3.8) is 0 Å². The van der Waals surface area contributed by atoms with Crippen molar-refractivity contribution >= 4 is 67.1 Å². The van der Waals surface area contributed by atoms with Crippen LogP contribution in [-0.2, 0) is 0 Å². The van der Waals surface area contributed by atoms with E-state index in [1.54, 1.807) is 0 Å². The van der Waals surface area contributed by atoms with Crippen LogP contribution in [0.4, 0.5) is 28.4 Å². The van der Waals surface area contributed by atoms with E-state index in [1.165, 1.54) is 43.7 Å². The fourth-order valence-electron chi connectivity index (χ4n) is 8.67. The van der Waals surface area contributed by atoms with E-state index >= 15 is 0 Å². The van der Waals surface area contributed by atoms with E-state index in [0.29, 0.717) is 0 Å². The Kier molecular flexibility index (Phi) is 9.14. The highest BCUT2D eigenvalue weighted by Gasteiger charge is 2.20. The van der Waals surface area contributed by atoms with Gasteiger partial charge in [-0.25, -0.2) is 0 Å². The molecule has 0 amide bonds. The van der Waals surface area contributed by atoms with Crippen molar-refractivity contribution in [1.82, 2.24) is 9.55 Å². The number of nitrogens with zero attached hydrogens (tertiary/aromatic N) is 4. The smallest absolute Gasteiger partial charge is 0.0703 e. The SMILES string of the molecule is C(=C\N(c1ccccc1)c1ccccc1)/c1ccc(-c2cc3ccc4cc(-c5ccc(N(c6ccccc6)c6ccccc6)cc5)cc5c4c3c(c2)n5-c2ccccc2)nc1. The summed E-state index contributed by atoms with van der Waals surface area (Å²) >= 11 is 0. The summed E-state index contributed by atoms with van der Waals surface area (Å²) in [5.74, 6) is 0. The lowest BCUT2D eigenvalue weighted by Gasteiger charge is -2.25. The fourth-order valence-corrected chi connectivity index (χ4v) is 8.67. The molecule has 0 unspecified atom stereocenters. The van der Waals surface area contributed by atoms with Gasteiger partial charge in [0.2, 0.25) is 0 Å². The van der Waals surface area contributed by atoms with Crippen molar-refractivity contribution in [3.05, 3.63) is 242 Å². The van der Waals surface area contributed by atoms with Gasteiger partial charge in [-0.15, -0.1) is 0 Å². The zero-order valence-electron chi connectivity index (χ0n) is 33.4. The molecule has 0 spiro atoms. The van der Waals surface area contributed by atoms with Crippen molar-refractivity contribution in [3.8, 4) is 28.1 Å². The van der Waals surface area contributed by atoms with E-state index in [1.807, 2.05) is 18.3 Å². The lowest BCUT2D eigenvalue weighted by Crippen LogP contribution is -2.09. The first kappa shape index (κ1) is 35.9. The summed E-state index contributed by atoms with van der Waals surface area (Å²) in [4.78, 5) is 9.53. The van der Waals surface area contributed by atoms with Crippen LogP contribution in [0, 0.1) is 0 Å². The van der Waals surface area contributed by atoms with E-state index < -0.39 is 0 Å². The van der Waals surface area contributed by atoms with Crippen molar-refractivity contribution in [2.45, 2.75) is 0 Å². The highest BCUT2D eigenvalue weighted by molar-refractivity contribution is 6.25. The second-order valence-corrected chi connectivity index (χ2v) is 15.3. The van der Waals surface area contributed by atoms with Crippen LogP contribution in [0.1, 0.15) is 5.56 Å². The molecule has 61 heavy (non-hydrogen) atoms. The predicted molar refractivity (Wildman–Crippen MR) is 257 cm³/mol. The van der Waals surface area contributed by atoms with E-state index in [9.17, 15) is 0 Å². The summed E-state index contributed by atoms with van der Waals surface area (Å²) in [5, 5.41) is 4.97. The molecule has 0 aliphatic rings. The first-order chi connectivity index (χ1) is 30.2. The molecule has 0 atom stereocenters. The molecule has 0 saturated heterocycles. The lowest BCUT2D eigenvalue weighted by molar-refractivity contribution is 1.18. The van der Waals surface area contributed by atoms with Gasteiger partial charge in [-0.3, -0.25) is 4.98 Å². The molecule has 4 heteroatoms. The van der Waals surface area contributed by atoms with Crippen LogP contribution in [0.5, 0.6) is 0 Å². The number of para-hydroxylation sites is 5. The van der Waals surface area contributed by atoms with Gasteiger partial charge in [-0.2, -0.15) is 0 Å². The summed E-state index contributed by atoms with van der Waals surface area (Å²) in [6, 6.07) is 79.8. The molecule has 4 nitrogen and oxygen atoms in total. The van der Waals surface area contributed by atoms with Crippen LogP contribution in [-0.4, -0.2) is 9.55 Å². The van der Waals surface area contributed by atoms with Gasteiger partial charge in [-0.05, 0) is 137 Å². The fraction of sp³-hybridized carbons (Fsp3) is 0. The van der Waals surface area contributed by atoms with Crippen molar-refractivity contribution in [2.24, 2.45) is 0 Å². The van der Waals surface area contributed by atoms with Gasteiger partial charge in [0, 0.05) is 62.9 Å². The molecule has 0 saturated carbocycles. The lowest BCUT2D eigenvalue weighted by atomic mass is 9.96. The van der Waals surface area contributed by atoms with Gasteiger partial charge in [0.1, 0.15) is 0 Å². The maximum atomic E-state index is 5.03. The summed E-state index contributed by atoms with van der Waals surface area (Å²) in [7, 11) is 0. The number of pyridine rings is 1. The molecule has 0 aliphatic heterocycles. The van der Waals surface area contributed by atoms with Crippen LogP contribution >= 0.6 is 0 Å². The van der Waals surface area contributed by atoms with Crippen LogP contribution in [0.15, 0.2) is 237 Å². The number of benzene rings is 9. The summed E-state index contributed by atoms with van der Waals surface area (Å²) < 4.78 is 2.43. The Morgan fingerprint density at radius 3 is 1.39 bits per heavy atom. The first-order valence-electron chi connectivity index (χ1n) is 20.7. The van der Waals surface area contributed by atoms with Crippen LogP contribution < -0.4 is 9.80 Å². The number of rotatable bonds is 10. The third-order valence-corrected chi connectivity index (χ3v) is 11.5. The normalized spacial score (nSPS) is 11.5. The zero-order valence-corrected chi connectivity index (χ0v) is 33.4. The maximum absolute atomic E-state index is 5.03. The van der Waals surface area contributed by atoms with Gasteiger partial charge in [-0.1, -0.05) is 121 Å². The first-order valence-corrected chi connectivity index (χ1v) is 20.7. The molecule has 2 heterocycles. The number of anilines is 5. The topological polar surface area (TPSA) is 24.3 Å². The molecule has 2 aromatic heterocycles. The highest BCUT2D eigenvalue weighted by atomic mass is 15.1. The second kappa shape index (κ2) is 15.5. The van der Waals surface area contributed by atoms with Crippen molar-refractivity contribution in [2.75, 3.05) is 9.80 Å². The Bertz CT molecular complexity index is 3170. The molecule has 0 N–H and O–H groups in total. The Labute approximate surface area is 355 Å². The molecule has 11 rings (SSSR count). The monoisotopic (exact) mass is 780 g/mol. The average Bonchev–Trinajstić information content (AvgIpc) is 3.67. The Morgan fingerprint density at radius 1 is 0.393 bits per heavy atom. The number of hydrogen-bond acceptors (Lipinski definition) is 3. The van der Waals surface area contributed by atoms with Crippen molar-refractivity contribution < 1.29 is 0 Å². The molecule has 0 aliphatic carbocycles. The van der Waals surface area contributed by atoms with Crippen LogP contribution in [0.2, 0.25) is 0 Å². The standard InChI is InChI=1S/C57H40N4/c1-6-16-47(17-7-1)59(48-18-8-2-9-19-48)35-34-41-26-33-53(58-40-41)46-37-44-28-27-43-36-45(38-54-56(43)57(44)55(39-46)61(54)51-24-14-5-15-25-51)42-29-31-52(32-30-42)60(49-20-10-3-11-21-49)50-22-12-4-13-23-50/h1-40H/b35-34+. The molecular formula is C57H40N4. The Hall–Kier alpha value is -8.21.